The minimum absolute atomic E-state index is 0.184. The summed E-state index contributed by atoms with van der Waals surface area (Å²) in [7, 11) is 0. The van der Waals surface area contributed by atoms with Gasteiger partial charge in [-0.3, -0.25) is 15.4 Å². The van der Waals surface area contributed by atoms with Crippen molar-refractivity contribution < 1.29 is 9.59 Å². The molecule has 0 aliphatic heterocycles. The summed E-state index contributed by atoms with van der Waals surface area (Å²) in [5, 5.41) is 4.44. The van der Waals surface area contributed by atoms with Crippen LogP contribution in [0.4, 0.5) is 10.6 Å². The van der Waals surface area contributed by atoms with Gasteiger partial charge in [0.1, 0.15) is 23.2 Å². The highest BCUT2D eigenvalue weighted by Gasteiger charge is 2.07. The van der Waals surface area contributed by atoms with E-state index in [1.807, 2.05) is 5.32 Å². The second-order valence-corrected chi connectivity index (χ2v) is 3.02. The van der Waals surface area contributed by atoms with Gasteiger partial charge in [0.05, 0.1) is 0 Å². The molecule has 0 aliphatic carbocycles. The standard InChI is InChI=1S/C7H6Cl2N4O2/c8-2-6(14)13-7(15)12-5-1-4(9)10-3-11-5/h1,3H,2H2,(H2,10,11,12,13,14,15). The van der Waals surface area contributed by atoms with Crippen molar-refractivity contribution in [1.29, 1.82) is 0 Å². The van der Waals surface area contributed by atoms with Crippen LogP contribution in [0.25, 0.3) is 0 Å². The van der Waals surface area contributed by atoms with Crippen molar-refractivity contribution >= 4 is 41.0 Å². The van der Waals surface area contributed by atoms with Gasteiger partial charge in [0, 0.05) is 6.07 Å². The number of halogens is 2. The van der Waals surface area contributed by atoms with E-state index in [2.05, 4.69) is 15.3 Å². The molecule has 2 N–H and O–H groups in total. The number of hydrogen-bond acceptors (Lipinski definition) is 4. The Kier molecular flexibility index (Phi) is 4.26. The molecule has 80 valence electrons. The van der Waals surface area contributed by atoms with E-state index in [0.29, 0.717) is 0 Å². The van der Waals surface area contributed by atoms with Crippen molar-refractivity contribution in [3.63, 3.8) is 0 Å². The van der Waals surface area contributed by atoms with Crippen molar-refractivity contribution in [2.24, 2.45) is 0 Å². The number of rotatable bonds is 2. The van der Waals surface area contributed by atoms with E-state index in [0.717, 1.165) is 0 Å². The van der Waals surface area contributed by atoms with E-state index >= 15 is 0 Å². The van der Waals surface area contributed by atoms with E-state index < -0.39 is 11.9 Å². The van der Waals surface area contributed by atoms with Crippen molar-refractivity contribution in [3.05, 3.63) is 17.5 Å². The fraction of sp³-hybridized carbons (Fsp3) is 0.143. The lowest BCUT2D eigenvalue weighted by molar-refractivity contribution is -0.117. The monoisotopic (exact) mass is 248 g/mol. The molecule has 0 unspecified atom stereocenters. The van der Waals surface area contributed by atoms with Crippen LogP contribution in [0.15, 0.2) is 12.4 Å². The van der Waals surface area contributed by atoms with E-state index in [9.17, 15) is 9.59 Å². The summed E-state index contributed by atoms with van der Waals surface area (Å²) in [5.74, 6) is -0.706. The average molecular weight is 249 g/mol. The SMILES string of the molecule is O=C(CCl)NC(=O)Nc1cc(Cl)ncn1. The maximum atomic E-state index is 11.1. The summed E-state index contributed by atoms with van der Waals surface area (Å²) in [6.45, 7) is 0. The van der Waals surface area contributed by atoms with Crippen LogP contribution in [0.5, 0.6) is 0 Å². The Labute approximate surface area is 95.0 Å². The van der Waals surface area contributed by atoms with Crippen LogP contribution in [-0.4, -0.2) is 27.8 Å². The quantitative estimate of drug-likeness (QED) is 0.605. The minimum atomic E-state index is -0.726. The number of anilines is 1. The lowest BCUT2D eigenvalue weighted by Gasteiger charge is -2.03. The number of carbonyl (C=O) groups excluding carboxylic acids is 2. The predicted octanol–water partition coefficient (Wildman–Crippen LogP) is 1.02. The Bertz CT molecular complexity index is 385. The summed E-state index contributed by atoms with van der Waals surface area (Å²) >= 11 is 10.7. The number of nitrogens with one attached hydrogen (secondary N) is 2. The first kappa shape index (κ1) is 11.7. The van der Waals surface area contributed by atoms with Crippen LogP contribution in [0.3, 0.4) is 0 Å². The van der Waals surface area contributed by atoms with Crippen LogP contribution in [0.2, 0.25) is 5.15 Å². The first-order valence-corrected chi connectivity index (χ1v) is 4.67. The van der Waals surface area contributed by atoms with Crippen LogP contribution in [0.1, 0.15) is 0 Å². The van der Waals surface area contributed by atoms with Gasteiger partial charge < -0.3 is 0 Å². The second kappa shape index (κ2) is 5.47. The lowest BCUT2D eigenvalue weighted by Crippen LogP contribution is -2.35. The zero-order valence-electron chi connectivity index (χ0n) is 7.33. The molecule has 0 atom stereocenters. The molecule has 3 amide bonds. The van der Waals surface area contributed by atoms with Crippen LogP contribution >= 0.6 is 23.2 Å². The van der Waals surface area contributed by atoms with Crippen LogP contribution in [-0.2, 0) is 4.79 Å². The maximum Gasteiger partial charge on any atom is 0.327 e. The molecule has 1 heterocycles. The third kappa shape index (κ3) is 4.09. The molecule has 0 saturated heterocycles. The summed E-state index contributed by atoms with van der Waals surface area (Å²) < 4.78 is 0. The Hall–Kier alpha value is -1.40. The molecule has 8 heteroatoms. The van der Waals surface area contributed by atoms with Gasteiger partial charge in [-0.25, -0.2) is 14.8 Å². The zero-order chi connectivity index (χ0) is 11.3. The molecule has 0 bridgehead atoms. The maximum absolute atomic E-state index is 11.1. The van der Waals surface area contributed by atoms with Crippen molar-refractivity contribution in [2.75, 3.05) is 11.2 Å². The van der Waals surface area contributed by atoms with Gasteiger partial charge in [0.2, 0.25) is 5.91 Å². The number of aromatic nitrogens is 2. The van der Waals surface area contributed by atoms with Crippen LogP contribution in [0, 0.1) is 0 Å². The van der Waals surface area contributed by atoms with Crippen LogP contribution < -0.4 is 10.6 Å². The Morgan fingerprint density at radius 2 is 2.13 bits per heavy atom. The third-order valence-corrected chi connectivity index (χ3v) is 1.70. The molecule has 6 nitrogen and oxygen atoms in total. The smallest absolute Gasteiger partial charge is 0.292 e. The predicted molar refractivity (Wildman–Crippen MR) is 54.9 cm³/mol. The highest BCUT2D eigenvalue weighted by atomic mass is 35.5. The largest absolute Gasteiger partial charge is 0.327 e. The molecule has 0 fully saturated rings. The number of hydrogen-bond donors (Lipinski definition) is 2. The fourth-order valence-corrected chi connectivity index (χ4v) is 0.923. The molecule has 0 saturated carbocycles. The lowest BCUT2D eigenvalue weighted by atomic mass is 10.6. The molecule has 1 aromatic rings. The summed E-state index contributed by atoms with van der Waals surface area (Å²) in [6.07, 6.45) is 1.18. The second-order valence-electron chi connectivity index (χ2n) is 2.36. The molecule has 0 spiro atoms. The topological polar surface area (TPSA) is 84.0 Å². The zero-order valence-corrected chi connectivity index (χ0v) is 8.84. The minimum Gasteiger partial charge on any atom is -0.292 e. The number of amides is 3. The van der Waals surface area contributed by atoms with Gasteiger partial charge in [-0.05, 0) is 0 Å². The number of alkyl halides is 1. The Morgan fingerprint density at radius 1 is 1.40 bits per heavy atom. The van der Waals surface area contributed by atoms with Gasteiger partial charge >= 0.3 is 6.03 Å². The average Bonchev–Trinajstić information content (AvgIpc) is 2.17. The number of nitrogens with zero attached hydrogens (tertiary/aromatic N) is 2. The first-order chi connectivity index (χ1) is 7.11. The number of carbonyl (C=O) groups is 2. The van der Waals surface area contributed by atoms with Crippen molar-refractivity contribution in [2.45, 2.75) is 0 Å². The highest BCUT2D eigenvalue weighted by molar-refractivity contribution is 6.29. The molecule has 0 aliphatic rings. The van der Waals surface area contributed by atoms with Gasteiger partial charge in [-0.2, -0.15) is 0 Å². The fourth-order valence-electron chi connectivity index (χ4n) is 0.710. The van der Waals surface area contributed by atoms with E-state index in [-0.39, 0.29) is 16.9 Å². The van der Waals surface area contributed by atoms with E-state index in [1.54, 1.807) is 0 Å². The molecule has 15 heavy (non-hydrogen) atoms. The highest BCUT2D eigenvalue weighted by Crippen LogP contribution is 2.07. The summed E-state index contributed by atoms with van der Waals surface area (Å²) in [6, 6.07) is 0.613. The Morgan fingerprint density at radius 3 is 2.73 bits per heavy atom. The van der Waals surface area contributed by atoms with Crippen molar-refractivity contribution in [1.82, 2.24) is 15.3 Å². The Balaban J connectivity index is 2.55. The van der Waals surface area contributed by atoms with Crippen molar-refractivity contribution in [3.8, 4) is 0 Å². The molecule has 0 aromatic carbocycles. The first-order valence-electron chi connectivity index (χ1n) is 3.76. The third-order valence-electron chi connectivity index (χ3n) is 1.25. The van der Waals surface area contributed by atoms with Gasteiger partial charge in [0.15, 0.2) is 0 Å². The molecular formula is C7H6Cl2N4O2. The van der Waals surface area contributed by atoms with E-state index in [1.165, 1.54) is 12.4 Å². The van der Waals surface area contributed by atoms with Gasteiger partial charge in [-0.15, -0.1) is 11.6 Å². The molecule has 1 rings (SSSR count). The number of urea groups is 1. The number of imide groups is 1. The molecular weight excluding hydrogens is 243 g/mol. The molecule has 1 aromatic heterocycles. The molecule has 0 radical (unpaired) electrons. The van der Waals surface area contributed by atoms with E-state index in [4.69, 9.17) is 23.2 Å². The van der Waals surface area contributed by atoms with Gasteiger partial charge in [-0.1, -0.05) is 11.6 Å². The van der Waals surface area contributed by atoms with Gasteiger partial charge in [0.25, 0.3) is 0 Å². The summed E-state index contributed by atoms with van der Waals surface area (Å²) in [4.78, 5) is 29.1. The normalized spacial score (nSPS) is 9.47. The summed E-state index contributed by atoms with van der Waals surface area (Å²) in [5.41, 5.74) is 0.